The van der Waals surface area contributed by atoms with Crippen LogP contribution in [-0.2, 0) is 0 Å². The second-order valence-corrected chi connectivity index (χ2v) is 6.48. The molecule has 0 aromatic rings. The van der Waals surface area contributed by atoms with Crippen molar-refractivity contribution < 1.29 is 0 Å². The van der Waals surface area contributed by atoms with Crippen molar-refractivity contribution in [3.63, 3.8) is 0 Å². The standard InChI is InChI=1S/C16H35N3/c1-4-5-6-7-10-16(2,15-17)18(3)13-14-19-11-8-9-12-19/h4-15,17H2,1-3H3. The summed E-state index contributed by atoms with van der Waals surface area (Å²) in [6.07, 6.45) is 9.34. The van der Waals surface area contributed by atoms with Gasteiger partial charge in [0.15, 0.2) is 0 Å². The number of hydrogen-bond donors (Lipinski definition) is 1. The zero-order valence-electron chi connectivity index (χ0n) is 13.5. The number of likely N-dealkylation sites (N-methyl/N-ethyl adjacent to an activating group) is 1. The topological polar surface area (TPSA) is 32.5 Å². The van der Waals surface area contributed by atoms with Gasteiger partial charge in [0.25, 0.3) is 0 Å². The number of nitrogens with zero attached hydrogens (tertiary/aromatic N) is 2. The van der Waals surface area contributed by atoms with Crippen LogP contribution in [0.5, 0.6) is 0 Å². The van der Waals surface area contributed by atoms with Gasteiger partial charge in [-0.15, -0.1) is 0 Å². The molecule has 1 saturated heterocycles. The third-order valence-corrected chi connectivity index (χ3v) is 4.88. The zero-order valence-corrected chi connectivity index (χ0v) is 13.5. The first-order valence-corrected chi connectivity index (χ1v) is 8.26. The molecule has 1 rings (SSSR count). The molecule has 3 nitrogen and oxygen atoms in total. The first kappa shape index (κ1) is 16.9. The Morgan fingerprint density at radius 2 is 1.84 bits per heavy atom. The molecule has 0 amide bonds. The molecule has 1 heterocycles. The Morgan fingerprint density at radius 3 is 2.42 bits per heavy atom. The van der Waals surface area contributed by atoms with Gasteiger partial charge in [0.1, 0.15) is 0 Å². The van der Waals surface area contributed by atoms with E-state index < -0.39 is 0 Å². The number of rotatable bonds is 10. The number of likely N-dealkylation sites (tertiary alicyclic amines) is 1. The number of unbranched alkanes of at least 4 members (excludes halogenated alkanes) is 3. The molecule has 19 heavy (non-hydrogen) atoms. The van der Waals surface area contributed by atoms with Gasteiger partial charge in [0.05, 0.1) is 0 Å². The molecule has 0 radical (unpaired) electrons. The molecule has 0 aromatic carbocycles. The molecular formula is C16H35N3. The Bertz CT molecular complexity index is 226. The quantitative estimate of drug-likeness (QED) is 0.619. The lowest BCUT2D eigenvalue weighted by Crippen LogP contribution is -2.51. The summed E-state index contributed by atoms with van der Waals surface area (Å²) >= 11 is 0. The van der Waals surface area contributed by atoms with Crippen molar-refractivity contribution in [2.75, 3.05) is 39.8 Å². The first-order valence-electron chi connectivity index (χ1n) is 8.26. The van der Waals surface area contributed by atoms with Crippen LogP contribution in [0.1, 0.15) is 58.8 Å². The summed E-state index contributed by atoms with van der Waals surface area (Å²) in [4.78, 5) is 5.09. The maximum Gasteiger partial charge on any atom is 0.0301 e. The summed E-state index contributed by atoms with van der Waals surface area (Å²) in [6.45, 7) is 10.3. The van der Waals surface area contributed by atoms with Gasteiger partial charge in [-0.3, -0.25) is 4.90 Å². The van der Waals surface area contributed by atoms with E-state index in [4.69, 9.17) is 5.73 Å². The molecule has 0 aromatic heterocycles. The summed E-state index contributed by atoms with van der Waals surface area (Å²) < 4.78 is 0. The smallest absolute Gasteiger partial charge is 0.0301 e. The Labute approximate surface area is 120 Å². The van der Waals surface area contributed by atoms with E-state index >= 15 is 0 Å². The fourth-order valence-electron chi connectivity index (χ4n) is 2.95. The summed E-state index contributed by atoms with van der Waals surface area (Å²) in [7, 11) is 2.25. The molecule has 1 atom stereocenters. The minimum atomic E-state index is 0.188. The minimum Gasteiger partial charge on any atom is -0.329 e. The van der Waals surface area contributed by atoms with E-state index in [9.17, 15) is 0 Å². The van der Waals surface area contributed by atoms with Gasteiger partial charge < -0.3 is 10.6 Å². The third kappa shape index (κ3) is 5.80. The second-order valence-electron chi connectivity index (χ2n) is 6.48. The predicted molar refractivity (Wildman–Crippen MR) is 84.5 cm³/mol. The molecule has 1 unspecified atom stereocenters. The Hall–Kier alpha value is -0.120. The van der Waals surface area contributed by atoms with Crippen LogP contribution in [0.15, 0.2) is 0 Å². The van der Waals surface area contributed by atoms with Gasteiger partial charge in [-0.05, 0) is 46.3 Å². The highest BCUT2D eigenvalue weighted by molar-refractivity contribution is 4.86. The molecule has 0 saturated carbocycles. The lowest BCUT2D eigenvalue weighted by Gasteiger charge is -2.39. The normalized spacial score (nSPS) is 20.1. The molecule has 1 fully saturated rings. The van der Waals surface area contributed by atoms with E-state index in [-0.39, 0.29) is 5.54 Å². The fraction of sp³-hybridized carbons (Fsp3) is 1.00. The number of nitrogens with two attached hydrogens (primary N) is 1. The van der Waals surface area contributed by atoms with Gasteiger partial charge in [0, 0.05) is 25.2 Å². The van der Waals surface area contributed by atoms with Crippen molar-refractivity contribution in [1.29, 1.82) is 0 Å². The Balaban J connectivity index is 2.28. The average Bonchev–Trinajstić information content (AvgIpc) is 2.94. The van der Waals surface area contributed by atoms with Crippen molar-refractivity contribution in [2.45, 2.75) is 64.3 Å². The molecule has 3 heteroatoms. The average molecular weight is 269 g/mol. The maximum atomic E-state index is 6.05. The van der Waals surface area contributed by atoms with E-state index in [1.54, 1.807) is 0 Å². The van der Waals surface area contributed by atoms with Crippen LogP contribution < -0.4 is 5.73 Å². The fourth-order valence-corrected chi connectivity index (χ4v) is 2.95. The lowest BCUT2D eigenvalue weighted by atomic mass is 9.92. The van der Waals surface area contributed by atoms with E-state index in [2.05, 4.69) is 30.7 Å². The highest BCUT2D eigenvalue weighted by Gasteiger charge is 2.27. The van der Waals surface area contributed by atoms with Gasteiger partial charge in [0.2, 0.25) is 0 Å². The van der Waals surface area contributed by atoms with Crippen LogP contribution in [0, 0.1) is 0 Å². The molecular weight excluding hydrogens is 234 g/mol. The van der Waals surface area contributed by atoms with E-state index in [0.717, 1.165) is 13.1 Å². The molecule has 1 aliphatic heterocycles. The summed E-state index contributed by atoms with van der Waals surface area (Å²) in [6, 6.07) is 0. The van der Waals surface area contributed by atoms with Crippen molar-refractivity contribution in [3.05, 3.63) is 0 Å². The predicted octanol–water partition coefficient (Wildman–Crippen LogP) is 2.70. The highest BCUT2D eigenvalue weighted by Crippen LogP contribution is 2.21. The van der Waals surface area contributed by atoms with Gasteiger partial charge in [-0.2, -0.15) is 0 Å². The molecule has 0 spiro atoms. The summed E-state index contributed by atoms with van der Waals surface area (Å²) in [5, 5.41) is 0. The first-order chi connectivity index (χ1) is 9.12. The molecule has 0 bridgehead atoms. The van der Waals surface area contributed by atoms with Crippen LogP contribution in [0.2, 0.25) is 0 Å². The van der Waals surface area contributed by atoms with Crippen molar-refractivity contribution in [3.8, 4) is 0 Å². The molecule has 1 aliphatic rings. The largest absolute Gasteiger partial charge is 0.329 e. The van der Waals surface area contributed by atoms with Crippen molar-refractivity contribution in [1.82, 2.24) is 9.80 Å². The van der Waals surface area contributed by atoms with Crippen LogP contribution in [0.25, 0.3) is 0 Å². The van der Waals surface area contributed by atoms with Crippen LogP contribution >= 0.6 is 0 Å². The van der Waals surface area contributed by atoms with Gasteiger partial charge >= 0.3 is 0 Å². The van der Waals surface area contributed by atoms with Gasteiger partial charge in [-0.1, -0.05) is 32.6 Å². The van der Waals surface area contributed by atoms with Crippen LogP contribution in [-0.4, -0.2) is 55.1 Å². The van der Waals surface area contributed by atoms with Gasteiger partial charge in [-0.25, -0.2) is 0 Å². The highest BCUT2D eigenvalue weighted by atomic mass is 15.2. The maximum absolute atomic E-state index is 6.05. The minimum absolute atomic E-state index is 0.188. The SMILES string of the molecule is CCCCCCC(C)(CN)N(C)CCN1CCCC1. The Morgan fingerprint density at radius 1 is 1.16 bits per heavy atom. The van der Waals surface area contributed by atoms with Crippen molar-refractivity contribution in [2.24, 2.45) is 5.73 Å². The Kier molecular flexibility index (Phi) is 7.96. The van der Waals surface area contributed by atoms with E-state index in [0.29, 0.717) is 0 Å². The second kappa shape index (κ2) is 8.93. The van der Waals surface area contributed by atoms with Crippen molar-refractivity contribution >= 4 is 0 Å². The third-order valence-electron chi connectivity index (χ3n) is 4.88. The van der Waals surface area contributed by atoms with E-state index in [1.165, 1.54) is 64.6 Å². The lowest BCUT2D eigenvalue weighted by molar-refractivity contribution is 0.116. The monoisotopic (exact) mass is 269 g/mol. The molecule has 2 N–H and O–H groups in total. The number of hydrogen-bond acceptors (Lipinski definition) is 3. The zero-order chi connectivity index (χ0) is 14.1. The summed E-state index contributed by atoms with van der Waals surface area (Å²) in [5.74, 6) is 0. The molecule has 0 aliphatic carbocycles. The van der Waals surface area contributed by atoms with Crippen LogP contribution in [0.3, 0.4) is 0 Å². The van der Waals surface area contributed by atoms with Crippen LogP contribution in [0.4, 0.5) is 0 Å². The summed E-state index contributed by atoms with van der Waals surface area (Å²) in [5.41, 5.74) is 6.24. The molecule has 114 valence electrons. The van der Waals surface area contributed by atoms with E-state index in [1.807, 2.05) is 0 Å².